The largest absolute Gasteiger partial charge is 0.495 e. The van der Waals surface area contributed by atoms with Crippen LogP contribution >= 0.6 is 0 Å². The van der Waals surface area contributed by atoms with Gasteiger partial charge in [-0.2, -0.15) is 5.10 Å². The summed E-state index contributed by atoms with van der Waals surface area (Å²) in [5.41, 5.74) is 2.30. The number of nitrogens with one attached hydrogen (secondary N) is 1. The molecule has 0 bridgehead atoms. The molecule has 6 aromatic rings. The Bertz CT molecular complexity index is 1760. The summed E-state index contributed by atoms with van der Waals surface area (Å²) in [7, 11) is 1.50. The van der Waals surface area contributed by atoms with E-state index in [4.69, 9.17) is 9.15 Å². The third-order valence-electron chi connectivity index (χ3n) is 5.98. The van der Waals surface area contributed by atoms with Crippen LogP contribution in [-0.4, -0.2) is 27.6 Å². The number of furan rings is 1. The van der Waals surface area contributed by atoms with Gasteiger partial charge in [-0.15, -0.1) is 0 Å². The number of nitrogens with zero attached hydrogens (tertiary/aromatic N) is 3. The second-order valence-electron chi connectivity index (χ2n) is 8.13. The van der Waals surface area contributed by atoms with E-state index in [0.717, 1.165) is 15.3 Å². The van der Waals surface area contributed by atoms with Gasteiger partial charge in [0.25, 0.3) is 12.3 Å². The van der Waals surface area contributed by atoms with E-state index in [1.165, 1.54) is 19.4 Å². The molecule has 0 spiro atoms. The first-order valence-electron chi connectivity index (χ1n) is 11.1. The van der Waals surface area contributed by atoms with Crippen molar-refractivity contribution < 1.29 is 22.7 Å². The molecule has 0 saturated heterocycles. The van der Waals surface area contributed by atoms with Crippen molar-refractivity contribution in [1.29, 1.82) is 0 Å². The summed E-state index contributed by atoms with van der Waals surface area (Å²) >= 11 is 0. The number of hydrogen-bond donors (Lipinski definition) is 1. The van der Waals surface area contributed by atoms with Crippen molar-refractivity contribution in [1.82, 2.24) is 14.6 Å². The van der Waals surface area contributed by atoms with Crippen LogP contribution in [-0.2, 0) is 0 Å². The molecule has 3 aromatic carbocycles. The summed E-state index contributed by atoms with van der Waals surface area (Å²) in [6.07, 6.45) is -1.59. The Morgan fingerprint density at radius 2 is 1.78 bits per heavy atom. The molecular formula is C27H18F2N4O3. The van der Waals surface area contributed by atoms with E-state index in [0.29, 0.717) is 33.9 Å². The number of hydrogen-bond acceptors (Lipinski definition) is 5. The zero-order valence-corrected chi connectivity index (χ0v) is 18.9. The number of benzene rings is 3. The van der Waals surface area contributed by atoms with Gasteiger partial charge in [0.2, 0.25) is 0 Å². The molecule has 6 rings (SSSR count). The molecule has 1 N–H and O–H groups in total. The van der Waals surface area contributed by atoms with E-state index in [-0.39, 0.29) is 16.9 Å². The summed E-state index contributed by atoms with van der Waals surface area (Å²) < 4.78 is 40.2. The molecule has 0 aliphatic carbocycles. The Morgan fingerprint density at radius 1 is 1.00 bits per heavy atom. The van der Waals surface area contributed by atoms with E-state index in [2.05, 4.69) is 15.4 Å². The summed E-state index contributed by atoms with van der Waals surface area (Å²) in [6, 6.07) is 21.2. The van der Waals surface area contributed by atoms with Gasteiger partial charge in [0.15, 0.2) is 5.65 Å². The Kier molecular flexibility index (Phi) is 5.10. The van der Waals surface area contributed by atoms with Crippen LogP contribution in [0.15, 0.2) is 83.4 Å². The van der Waals surface area contributed by atoms with Crippen molar-refractivity contribution in [3.05, 3.63) is 90.3 Å². The van der Waals surface area contributed by atoms with Crippen LogP contribution in [0, 0.1) is 0 Å². The number of carbonyl (C=O) groups is 1. The fourth-order valence-electron chi connectivity index (χ4n) is 4.27. The topological polar surface area (TPSA) is 81.7 Å². The molecule has 0 aliphatic heterocycles. The van der Waals surface area contributed by atoms with Gasteiger partial charge in [-0.3, -0.25) is 4.79 Å². The highest BCUT2D eigenvalue weighted by atomic mass is 19.3. The molecule has 36 heavy (non-hydrogen) atoms. The maximum absolute atomic E-state index is 13.9. The lowest BCUT2D eigenvalue weighted by Gasteiger charge is -2.11. The molecule has 0 aliphatic rings. The molecular weight excluding hydrogens is 466 g/mol. The van der Waals surface area contributed by atoms with Gasteiger partial charge >= 0.3 is 0 Å². The highest BCUT2D eigenvalue weighted by Crippen LogP contribution is 2.36. The molecule has 0 fully saturated rings. The van der Waals surface area contributed by atoms with E-state index >= 15 is 0 Å². The zero-order valence-electron chi connectivity index (χ0n) is 18.9. The predicted octanol–water partition coefficient (Wildman–Crippen LogP) is 6.49. The molecule has 0 saturated carbocycles. The van der Waals surface area contributed by atoms with E-state index in [9.17, 15) is 13.6 Å². The average molecular weight is 484 g/mol. The molecule has 1 amide bonds. The fraction of sp³-hybridized carbons (Fsp3) is 0.0741. The number of aromatic nitrogens is 3. The first-order chi connectivity index (χ1) is 17.5. The highest BCUT2D eigenvalue weighted by molar-refractivity contribution is 6.11. The molecule has 178 valence electrons. The normalized spacial score (nSPS) is 11.6. The Morgan fingerprint density at radius 3 is 2.56 bits per heavy atom. The quantitative estimate of drug-likeness (QED) is 0.302. The number of ether oxygens (including phenoxy) is 1. The number of para-hydroxylation sites is 1. The number of carbonyl (C=O) groups excluding carboxylic acids is 1. The van der Waals surface area contributed by atoms with E-state index < -0.39 is 12.3 Å². The SMILES string of the molecule is COc1cc2c(cc1NC(=O)c1cnn3c(C(F)F)cc(-c4ccccc4)nc13)oc1ccccc12. The minimum atomic E-state index is -2.82. The standard InChI is InChI=1S/C27H18F2N4O3/c1-35-24-11-17-16-9-5-6-10-22(16)36-23(17)13-20(24)32-27(34)18-14-30-33-21(25(28)29)12-19(31-26(18)33)15-7-3-2-4-8-15/h2-14,25H,1H3,(H,32,34). The first-order valence-corrected chi connectivity index (χ1v) is 11.1. The number of fused-ring (bicyclic) bond motifs is 4. The zero-order chi connectivity index (χ0) is 24.8. The van der Waals surface area contributed by atoms with Gasteiger partial charge in [0.1, 0.15) is 28.2 Å². The van der Waals surface area contributed by atoms with Gasteiger partial charge in [0.05, 0.1) is 24.7 Å². The van der Waals surface area contributed by atoms with Crippen molar-refractivity contribution >= 4 is 39.2 Å². The summed E-state index contributed by atoms with van der Waals surface area (Å²) in [5.74, 6) is -0.151. The van der Waals surface area contributed by atoms with Crippen molar-refractivity contribution in [2.24, 2.45) is 0 Å². The summed E-state index contributed by atoms with van der Waals surface area (Å²) in [6.45, 7) is 0. The highest BCUT2D eigenvalue weighted by Gasteiger charge is 2.23. The molecule has 0 unspecified atom stereocenters. The maximum atomic E-state index is 13.9. The third kappa shape index (κ3) is 3.52. The average Bonchev–Trinajstić information content (AvgIpc) is 3.49. The van der Waals surface area contributed by atoms with Gasteiger partial charge in [-0.1, -0.05) is 48.5 Å². The second-order valence-corrected chi connectivity index (χ2v) is 8.13. The number of rotatable bonds is 5. The monoisotopic (exact) mass is 484 g/mol. The van der Waals surface area contributed by atoms with Gasteiger partial charge in [-0.05, 0) is 18.2 Å². The van der Waals surface area contributed by atoms with Crippen LogP contribution in [0.25, 0.3) is 38.8 Å². The first kappa shape index (κ1) is 21.7. The van der Waals surface area contributed by atoms with Crippen LogP contribution in [0.1, 0.15) is 22.5 Å². The number of amides is 1. The van der Waals surface area contributed by atoms with Crippen LogP contribution in [0.5, 0.6) is 5.75 Å². The molecule has 3 heterocycles. The molecule has 0 radical (unpaired) electrons. The smallest absolute Gasteiger partial charge is 0.280 e. The molecule has 3 aromatic heterocycles. The van der Waals surface area contributed by atoms with Crippen LogP contribution < -0.4 is 10.1 Å². The van der Waals surface area contributed by atoms with Gasteiger partial charge < -0.3 is 14.5 Å². The van der Waals surface area contributed by atoms with E-state index in [1.54, 1.807) is 36.4 Å². The van der Waals surface area contributed by atoms with Crippen molar-refractivity contribution in [3.63, 3.8) is 0 Å². The Balaban J connectivity index is 1.44. The second kappa shape index (κ2) is 8.46. The van der Waals surface area contributed by atoms with Crippen molar-refractivity contribution in [2.45, 2.75) is 6.43 Å². The molecule has 0 atom stereocenters. The molecule has 7 nitrogen and oxygen atoms in total. The number of alkyl halides is 2. The van der Waals surface area contributed by atoms with Crippen molar-refractivity contribution in [2.75, 3.05) is 12.4 Å². The third-order valence-corrected chi connectivity index (χ3v) is 5.98. The minimum Gasteiger partial charge on any atom is -0.495 e. The van der Waals surface area contributed by atoms with E-state index in [1.807, 2.05) is 30.3 Å². The lowest BCUT2D eigenvalue weighted by molar-refractivity contribution is 0.102. The number of halogens is 2. The van der Waals surface area contributed by atoms with Crippen LogP contribution in [0.3, 0.4) is 0 Å². The lowest BCUT2D eigenvalue weighted by atomic mass is 10.1. The predicted molar refractivity (Wildman–Crippen MR) is 132 cm³/mol. The van der Waals surface area contributed by atoms with Gasteiger partial charge in [-0.25, -0.2) is 18.3 Å². The molecule has 9 heteroatoms. The number of anilines is 1. The number of methoxy groups -OCH3 is 1. The fourth-order valence-corrected chi connectivity index (χ4v) is 4.27. The van der Waals surface area contributed by atoms with Crippen LogP contribution in [0.2, 0.25) is 0 Å². The van der Waals surface area contributed by atoms with Gasteiger partial charge in [0, 0.05) is 22.4 Å². The van der Waals surface area contributed by atoms with Crippen LogP contribution in [0.4, 0.5) is 14.5 Å². The Labute approximate surface area is 202 Å². The summed E-state index contributed by atoms with van der Waals surface area (Å²) in [5, 5.41) is 8.58. The Hall–Kier alpha value is -4.79. The maximum Gasteiger partial charge on any atom is 0.280 e. The summed E-state index contributed by atoms with van der Waals surface area (Å²) in [4.78, 5) is 17.8. The van der Waals surface area contributed by atoms with Crippen molar-refractivity contribution in [3.8, 4) is 17.0 Å². The minimum absolute atomic E-state index is 0.0212. The lowest BCUT2D eigenvalue weighted by Crippen LogP contribution is -2.13.